The van der Waals surface area contributed by atoms with Crippen LogP contribution in [0.5, 0.6) is 0 Å². The van der Waals surface area contributed by atoms with Crippen LogP contribution in [0, 0.1) is 5.92 Å². The number of nitrogens with zero attached hydrogens (tertiary/aromatic N) is 3. The molecule has 2 aromatic heterocycles. The van der Waals surface area contributed by atoms with Crippen molar-refractivity contribution < 1.29 is 9.59 Å². The maximum atomic E-state index is 13.1. The summed E-state index contributed by atoms with van der Waals surface area (Å²) in [6.07, 6.45) is 3.76. The molecule has 0 aliphatic carbocycles. The Morgan fingerprint density at radius 1 is 1.21 bits per heavy atom. The molecule has 2 heterocycles. The van der Waals surface area contributed by atoms with Crippen LogP contribution >= 0.6 is 22.9 Å². The van der Waals surface area contributed by atoms with Gasteiger partial charge in [0.15, 0.2) is 0 Å². The van der Waals surface area contributed by atoms with E-state index in [0.29, 0.717) is 48.4 Å². The SMILES string of the molecule is CCCN(Cc1cccn1Cc1nc(C(=O)NCCC(C)C)cs1)C(=O)c1ccccc1Cl. The van der Waals surface area contributed by atoms with Crippen molar-refractivity contribution >= 4 is 34.8 Å². The standard InChI is InChI=1S/C25H31ClN4O2S/c1-4-13-30(25(32)20-9-5-6-10-21(20)26)15-19-8-7-14-29(19)16-23-28-22(17-33-23)24(31)27-12-11-18(2)3/h5-10,14,17-18H,4,11-13,15-16H2,1-3H3,(H,27,31). The number of benzene rings is 1. The molecule has 8 heteroatoms. The van der Waals surface area contributed by atoms with Crippen LogP contribution in [-0.4, -0.2) is 39.4 Å². The van der Waals surface area contributed by atoms with Crippen LogP contribution in [0.3, 0.4) is 0 Å². The maximum absolute atomic E-state index is 13.1. The van der Waals surface area contributed by atoms with Crippen molar-refractivity contribution in [2.45, 2.75) is 46.7 Å². The smallest absolute Gasteiger partial charge is 0.270 e. The van der Waals surface area contributed by atoms with Crippen LogP contribution in [0.2, 0.25) is 5.02 Å². The van der Waals surface area contributed by atoms with Crippen molar-refractivity contribution in [3.63, 3.8) is 0 Å². The van der Waals surface area contributed by atoms with Crippen LogP contribution in [0.4, 0.5) is 0 Å². The van der Waals surface area contributed by atoms with E-state index in [-0.39, 0.29) is 11.8 Å². The summed E-state index contributed by atoms with van der Waals surface area (Å²) in [5.74, 6) is 0.329. The number of carbonyl (C=O) groups is 2. The van der Waals surface area contributed by atoms with E-state index in [1.165, 1.54) is 11.3 Å². The molecule has 6 nitrogen and oxygen atoms in total. The first kappa shape index (κ1) is 25.0. The Bertz CT molecular complexity index is 1080. The van der Waals surface area contributed by atoms with E-state index in [1.807, 2.05) is 35.4 Å². The van der Waals surface area contributed by atoms with Crippen LogP contribution in [0.25, 0.3) is 0 Å². The molecular weight excluding hydrogens is 456 g/mol. The van der Waals surface area contributed by atoms with Gasteiger partial charge in [-0.05, 0) is 43.0 Å². The third kappa shape index (κ3) is 6.92. The van der Waals surface area contributed by atoms with Crippen molar-refractivity contribution in [1.82, 2.24) is 19.8 Å². The van der Waals surface area contributed by atoms with Gasteiger partial charge < -0.3 is 14.8 Å². The Morgan fingerprint density at radius 2 is 2.00 bits per heavy atom. The summed E-state index contributed by atoms with van der Waals surface area (Å²) in [5.41, 5.74) is 1.97. The summed E-state index contributed by atoms with van der Waals surface area (Å²) in [6, 6.07) is 11.1. The Balaban J connectivity index is 1.68. The fourth-order valence-electron chi connectivity index (χ4n) is 3.47. The number of halogens is 1. The van der Waals surface area contributed by atoms with Crippen molar-refractivity contribution in [3.8, 4) is 0 Å². The number of carbonyl (C=O) groups excluding carboxylic acids is 2. The van der Waals surface area contributed by atoms with Gasteiger partial charge in [-0.2, -0.15) is 0 Å². The first-order valence-electron chi connectivity index (χ1n) is 11.3. The van der Waals surface area contributed by atoms with E-state index in [9.17, 15) is 9.59 Å². The van der Waals surface area contributed by atoms with E-state index < -0.39 is 0 Å². The monoisotopic (exact) mass is 486 g/mol. The molecule has 0 atom stereocenters. The lowest BCUT2D eigenvalue weighted by atomic mass is 10.1. The van der Waals surface area contributed by atoms with Gasteiger partial charge >= 0.3 is 0 Å². The summed E-state index contributed by atoms with van der Waals surface area (Å²) in [7, 11) is 0. The van der Waals surface area contributed by atoms with E-state index >= 15 is 0 Å². The molecule has 3 rings (SSSR count). The molecule has 0 spiro atoms. The predicted octanol–water partition coefficient (Wildman–Crippen LogP) is 5.47. The van der Waals surface area contributed by atoms with Crippen molar-refractivity contribution in [3.05, 3.63) is 75.0 Å². The van der Waals surface area contributed by atoms with E-state index in [0.717, 1.165) is 23.5 Å². The highest BCUT2D eigenvalue weighted by atomic mass is 35.5. The van der Waals surface area contributed by atoms with Crippen molar-refractivity contribution in [2.24, 2.45) is 5.92 Å². The Hall–Kier alpha value is -2.64. The molecule has 0 radical (unpaired) electrons. The van der Waals surface area contributed by atoms with Gasteiger partial charge in [0.05, 0.1) is 23.7 Å². The van der Waals surface area contributed by atoms with Crippen LogP contribution in [0.1, 0.15) is 65.2 Å². The van der Waals surface area contributed by atoms with Crippen molar-refractivity contribution in [1.29, 1.82) is 0 Å². The zero-order chi connectivity index (χ0) is 23.8. The molecule has 0 fully saturated rings. The number of thiazole rings is 1. The molecule has 0 aliphatic heterocycles. The van der Waals surface area contributed by atoms with Crippen LogP contribution in [0.15, 0.2) is 48.0 Å². The molecule has 0 saturated heterocycles. The highest BCUT2D eigenvalue weighted by Gasteiger charge is 2.19. The minimum Gasteiger partial charge on any atom is -0.351 e. The number of hydrogen-bond donors (Lipinski definition) is 1. The Kier molecular flexibility index (Phi) is 9.09. The average Bonchev–Trinajstić information content (AvgIpc) is 3.43. The van der Waals surface area contributed by atoms with Gasteiger partial charge in [-0.3, -0.25) is 9.59 Å². The second-order valence-corrected chi connectivity index (χ2v) is 9.75. The van der Waals surface area contributed by atoms with E-state index in [1.54, 1.807) is 17.5 Å². The van der Waals surface area contributed by atoms with E-state index in [4.69, 9.17) is 11.6 Å². The summed E-state index contributed by atoms with van der Waals surface area (Å²) < 4.78 is 2.07. The van der Waals surface area contributed by atoms with Crippen LogP contribution < -0.4 is 5.32 Å². The van der Waals surface area contributed by atoms with Gasteiger partial charge in [-0.15, -0.1) is 11.3 Å². The van der Waals surface area contributed by atoms with Crippen molar-refractivity contribution in [2.75, 3.05) is 13.1 Å². The van der Waals surface area contributed by atoms with Crippen LogP contribution in [-0.2, 0) is 13.1 Å². The average molecular weight is 487 g/mol. The normalized spacial score (nSPS) is 11.1. The molecule has 0 aliphatic rings. The fraction of sp³-hybridized carbons (Fsp3) is 0.400. The zero-order valence-corrected chi connectivity index (χ0v) is 21.0. The first-order chi connectivity index (χ1) is 15.9. The summed E-state index contributed by atoms with van der Waals surface area (Å²) in [4.78, 5) is 31.8. The van der Waals surface area contributed by atoms with Gasteiger partial charge in [-0.1, -0.05) is 44.5 Å². The quantitative estimate of drug-likeness (QED) is 0.390. The van der Waals surface area contributed by atoms with E-state index in [2.05, 4.69) is 35.6 Å². The highest BCUT2D eigenvalue weighted by molar-refractivity contribution is 7.09. The molecule has 3 aromatic rings. The van der Waals surface area contributed by atoms with Gasteiger partial charge in [-0.25, -0.2) is 4.98 Å². The molecule has 33 heavy (non-hydrogen) atoms. The fourth-order valence-corrected chi connectivity index (χ4v) is 4.46. The number of nitrogens with one attached hydrogen (secondary N) is 1. The molecule has 0 bridgehead atoms. The minimum atomic E-state index is -0.134. The lowest BCUT2D eigenvalue weighted by Crippen LogP contribution is -2.32. The Labute approximate surface area is 204 Å². The molecule has 1 aromatic carbocycles. The molecule has 2 amide bonds. The lowest BCUT2D eigenvalue weighted by molar-refractivity contribution is 0.0739. The van der Waals surface area contributed by atoms with Gasteiger partial charge in [0.25, 0.3) is 11.8 Å². The molecule has 176 valence electrons. The first-order valence-corrected chi connectivity index (χ1v) is 12.5. The minimum absolute atomic E-state index is 0.0789. The summed E-state index contributed by atoms with van der Waals surface area (Å²) in [5, 5.41) is 6.04. The largest absolute Gasteiger partial charge is 0.351 e. The Morgan fingerprint density at radius 3 is 2.73 bits per heavy atom. The predicted molar refractivity (Wildman–Crippen MR) is 134 cm³/mol. The third-order valence-corrected chi connectivity index (χ3v) is 6.42. The van der Waals surface area contributed by atoms with Gasteiger partial charge in [0.2, 0.25) is 0 Å². The number of rotatable bonds is 11. The lowest BCUT2D eigenvalue weighted by Gasteiger charge is -2.23. The number of amides is 2. The highest BCUT2D eigenvalue weighted by Crippen LogP contribution is 2.20. The molecule has 0 unspecified atom stereocenters. The zero-order valence-electron chi connectivity index (χ0n) is 19.4. The number of aromatic nitrogens is 2. The van der Waals surface area contributed by atoms with Gasteiger partial charge in [0, 0.05) is 30.4 Å². The number of hydrogen-bond acceptors (Lipinski definition) is 4. The second kappa shape index (κ2) is 12.0. The summed E-state index contributed by atoms with van der Waals surface area (Å²) >= 11 is 7.73. The molecule has 0 saturated carbocycles. The molecule has 1 N–H and O–H groups in total. The third-order valence-electron chi connectivity index (χ3n) is 5.26. The van der Waals surface area contributed by atoms with Gasteiger partial charge in [0.1, 0.15) is 10.7 Å². The molecular formula is C25H31ClN4O2S. The summed E-state index contributed by atoms with van der Waals surface area (Å²) in [6.45, 7) is 8.61. The topological polar surface area (TPSA) is 67.2 Å². The second-order valence-electron chi connectivity index (χ2n) is 8.40. The maximum Gasteiger partial charge on any atom is 0.270 e.